The van der Waals surface area contributed by atoms with Gasteiger partial charge >= 0.3 is 14.2 Å². The van der Waals surface area contributed by atoms with Crippen molar-refractivity contribution in [1.82, 2.24) is 4.90 Å². The normalized spacial score (nSPS) is 24.7. The molecule has 10 heteroatoms. The van der Waals surface area contributed by atoms with E-state index in [0.717, 1.165) is 25.7 Å². The van der Waals surface area contributed by atoms with E-state index in [1.54, 1.807) is 0 Å². The van der Waals surface area contributed by atoms with Crippen LogP contribution in [0, 0.1) is 5.92 Å². The molecule has 0 spiro atoms. The molecule has 198 valence electrons. The fourth-order valence-electron chi connectivity index (χ4n) is 4.83. The number of thiophene rings is 1. The summed E-state index contributed by atoms with van der Waals surface area (Å²) in [5.74, 6) is -0.270. The summed E-state index contributed by atoms with van der Waals surface area (Å²) in [7, 11) is -1.49. The van der Waals surface area contributed by atoms with Crippen LogP contribution in [0.25, 0.3) is 0 Å². The highest BCUT2D eigenvalue weighted by Crippen LogP contribution is 2.40. The van der Waals surface area contributed by atoms with Crippen LogP contribution in [0.15, 0.2) is 0 Å². The fourth-order valence-corrected chi connectivity index (χ4v) is 6.03. The highest BCUT2D eigenvalue weighted by atomic mass is 32.1. The minimum absolute atomic E-state index is 0.270. The summed E-state index contributed by atoms with van der Waals surface area (Å²) < 4.78 is 26.6. The van der Waals surface area contributed by atoms with E-state index in [0.29, 0.717) is 27.2 Å². The summed E-state index contributed by atoms with van der Waals surface area (Å²) in [6.07, 6.45) is 4.07. The topological polar surface area (TPSA) is 74.3 Å². The number of hydrogen-bond acceptors (Lipinski definition) is 7. The number of hydrogen-bond donors (Lipinski definition) is 0. The first-order valence-electron chi connectivity index (χ1n) is 13.3. The third-order valence-corrected chi connectivity index (χ3v) is 10.0. The first-order valence-corrected chi connectivity index (χ1v) is 14.1. The molecule has 7 nitrogen and oxygen atoms in total. The van der Waals surface area contributed by atoms with Gasteiger partial charge in [0.1, 0.15) is 0 Å². The highest BCUT2D eigenvalue weighted by molar-refractivity contribution is 7.31. The van der Waals surface area contributed by atoms with Crippen molar-refractivity contribution < 1.29 is 28.2 Å². The first-order chi connectivity index (χ1) is 16.6. The van der Waals surface area contributed by atoms with Crippen molar-refractivity contribution >= 4 is 46.9 Å². The summed E-state index contributed by atoms with van der Waals surface area (Å²) in [5, 5.41) is 0. The largest absolute Gasteiger partial charge is 0.506 e. The van der Waals surface area contributed by atoms with Crippen molar-refractivity contribution in [2.75, 3.05) is 6.54 Å². The summed E-state index contributed by atoms with van der Waals surface area (Å²) in [5.41, 5.74) is -1.51. The highest BCUT2D eigenvalue weighted by Gasteiger charge is 2.59. The molecular weight excluding hydrogens is 476 g/mol. The third-order valence-electron chi connectivity index (χ3n) is 8.80. The van der Waals surface area contributed by atoms with E-state index in [2.05, 4.69) is 13.8 Å². The van der Waals surface area contributed by atoms with E-state index in [9.17, 15) is 9.59 Å². The van der Waals surface area contributed by atoms with E-state index in [4.69, 9.17) is 18.6 Å². The molecule has 36 heavy (non-hydrogen) atoms. The zero-order valence-electron chi connectivity index (χ0n) is 23.6. The predicted molar refractivity (Wildman–Crippen MR) is 144 cm³/mol. The van der Waals surface area contributed by atoms with Gasteiger partial charge < -0.3 is 18.6 Å². The molecule has 0 N–H and O–H groups in total. The van der Waals surface area contributed by atoms with Gasteiger partial charge in [-0.05, 0) is 67.7 Å². The van der Waals surface area contributed by atoms with Crippen molar-refractivity contribution in [3.63, 3.8) is 0 Å². The van der Waals surface area contributed by atoms with Crippen LogP contribution in [0.2, 0.25) is 0 Å². The van der Waals surface area contributed by atoms with Gasteiger partial charge in [0.25, 0.3) is 11.8 Å². The molecule has 0 radical (unpaired) electrons. The molecular formula is C26H41B2NO6S. The second-order valence-corrected chi connectivity index (χ2v) is 13.5. The molecule has 1 aromatic heterocycles. The maximum absolute atomic E-state index is 13.8. The quantitative estimate of drug-likeness (QED) is 0.381. The number of amides is 2. The Kier molecular flexibility index (Phi) is 7.13. The molecule has 0 aromatic carbocycles. The number of nitrogens with zero attached hydrogens (tertiary/aromatic N) is 1. The third kappa shape index (κ3) is 4.41. The first kappa shape index (κ1) is 27.8. The molecule has 0 saturated carbocycles. The molecule has 0 bridgehead atoms. The molecule has 1 unspecified atom stereocenters. The van der Waals surface area contributed by atoms with E-state index in [-0.39, 0.29) is 17.7 Å². The minimum Gasteiger partial charge on any atom is -0.399 e. The van der Waals surface area contributed by atoms with Gasteiger partial charge in [-0.1, -0.05) is 33.1 Å². The molecule has 2 fully saturated rings. The predicted octanol–water partition coefficient (Wildman–Crippen LogP) is 4.16. The van der Waals surface area contributed by atoms with Gasteiger partial charge in [0.15, 0.2) is 0 Å². The van der Waals surface area contributed by atoms with Crippen LogP contribution < -0.4 is 9.55 Å². The number of carbonyl (C=O) groups excluding carboxylic acids is 2. The van der Waals surface area contributed by atoms with Crippen molar-refractivity contribution in [2.45, 2.75) is 117 Å². The number of rotatable bonds is 8. The number of imide groups is 1. The van der Waals surface area contributed by atoms with Gasteiger partial charge in [-0.15, -0.1) is 0 Å². The minimum atomic E-state index is -0.747. The lowest BCUT2D eigenvalue weighted by molar-refractivity contribution is 0.00578. The lowest BCUT2D eigenvalue weighted by atomic mass is 9.80. The van der Waals surface area contributed by atoms with Crippen molar-refractivity contribution in [3.05, 3.63) is 11.1 Å². The fraction of sp³-hybridized carbons (Fsp3) is 0.769. The second kappa shape index (κ2) is 9.23. The maximum Gasteiger partial charge on any atom is 0.506 e. The lowest BCUT2D eigenvalue weighted by Crippen LogP contribution is -2.41. The van der Waals surface area contributed by atoms with Crippen molar-refractivity contribution in [2.24, 2.45) is 5.92 Å². The Morgan fingerprint density at radius 1 is 0.750 bits per heavy atom. The van der Waals surface area contributed by atoms with Crippen molar-refractivity contribution in [1.29, 1.82) is 0 Å². The summed E-state index contributed by atoms with van der Waals surface area (Å²) >= 11 is 1.34. The molecule has 4 heterocycles. The summed E-state index contributed by atoms with van der Waals surface area (Å²) in [6, 6.07) is 0. The van der Waals surface area contributed by atoms with Gasteiger partial charge in [0, 0.05) is 16.1 Å². The Balaban J connectivity index is 1.76. The van der Waals surface area contributed by atoms with Crippen LogP contribution in [-0.4, -0.2) is 59.9 Å². The van der Waals surface area contributed by atoms with Gasteiger partial charge in [0.05, 0.1) is 33.5 Å². The maximum atomic E-state index is 13.8. The molecule has 2 saturated heterocycles. The average molecular weight is 517 g/mol. The van der Waals surface area contributed by atoms with E-state index in [1.165, 1.54) is 16.2 Å². The Morgan fingerprint density at radius 2 is 1.14 bits per heavy atom. The Hall–Kier alpha value is -1.19. The molecule has 3 aliphatic rings. The monoisotopic (exact) mass is 517 g/mol. The molecule has 0 aliphatic carbocycles. The summed E-state index contributed by atoms with van der Waals surface area (Å²) in [4.78, 5) is 29.1. The van der Waals surface area contributed by atoms with Crippen LogP contribution in [0.5, 0.6) is 0 Å². The van der Waals surface area contributed by atoms with Gasteiger partial charge in [-0.2, -0.15) is 11.3 Å². The van der Waals surface area contributed by atoms with Gasteiger partial charge in [-0.25, -0.2) is 0 Å². The number of fused-ring (bicyclic) bond motifs is 1. The number of unbranched alkanes of at least 4 members (excludes halogenated alkanes) is 1. The van der Waals surface area contributed by atoms with E-state index < -0.39 is 36.6 Å². The average Bonchev–Trinajstić information content (AvgIpc) is 3.40. The molecule has 1 aromatic rings. The van der Waals surface area contributed by atoms with Crippen LogP contribution in [0.4, 0.5) is 0 Å². The van der Waals surface area contributed by atoms with Crippen molar-refractivity contribution in [3.8, 4) is 0 Å². The molecule has 2 amide bonds. The van der Waals surface area contributed by atoms with E-state index >= 15 is 0 Å². The zero-order valence-corrected chi connectivity index (χ0v) is 24.4. The van der Waals surface area contributed by atoms with E-state index in [1.807, 2.05) is 55.4 Å². The number of carbonyl (C=O) groups is 2. The Bertz CT molecular complexity index is 947. The Labute approximate surface area is 220 Å². The smallest absolute Gasteiger partial charge is 0.399 e. The molecule has 3 aliphatic heterocycles. The molecule has 4 rings (SSSR count). The van der Waals surface area contributed by atoms with Crippen LogP contribution >= 0.6 is 11.3 Å². The lowest BCUT2D eigenvalue weighted by Gasteiger charge is -2.32. The second-order valence-electron chi connectivity index (χ2n) is 12.4. The van der Waals surface area contributed by atoms with Crippen LogP contribution in [-0.2, 0) is 18.6 Å². The zero-order chi connectivity index (χ0) is 26.8. The van der Waals surface area contributed by atoms with Gasteiger partial charge in [0.2, 0.25) is 0 Å². The SMILES string of the molecule is CCCCC(CC)CN1C(=O)c2c(B3OC(C)(C)C(C)(C)O3)sc(B3OC(C)(C)C(C)(C)O3)c2C1=O. The standard InChI is InChI=1S/C26H41B2NO6S/c1-11-13-14-16(12-2)15-29-21(30)17-18(22(29)31)20(28-34-25(7,8)26(9,10)35-28)36-19(17)27-32-23(3,4)24(5,6)33-27/h16H,11-15H2,1-10H3. The van der Waals surface area contributed by atoms with Crippen LogP contribution in [0.3, 0.4) is 0 Å². The van der Waals surface area contributed by atoms with Gasteiger partial charge in [-0.3, -0.25) is 14.5 Å². The Morgan fingerprint density at radius 3 is 1.47 bits per heavy atom. The summed E-state index contributed by atoms with van der Waals surface area (Å²) in [6.45, 7) is 20.5. The molecule has 1 atom stereocenters. The van der Waals surface area contributed by atoms with Crippen LogP contribution in [0.1, 0.15) is 116 Å².